The van der Waals surface area contributed by atoms with Gasteiger partial charge in [0.15, 0.2) is 5.69 Å². The zero-order valence-electron chi connectivity index (χ0n) is 15.1. The van der Waals surface area contributed by atoms with Crippen molar-refractivity contribution in [2.75, 3.05) is 11.9 Å². The summed E-state index contributed by atoms with van der Waals surface area (Å²) >= 11 is 0. The van der Waals surface area contributed by atoms with Crippen LogP contribution in [0.4, 0.5) is 11.4 Å². The van der Waals surface area contributed by atoms with Crippen LogP contribution in [0.1, 0.15) is 25.5 Å². The maximum Gasteiger partial charge on any atom is 0.283 e. The van der Waals surface area contributed by atoms with E-state index in [4.69, 9.17) is 0 Å². The number of hydrogen-bond donors (Lipinski definition) is 2. The maximum absolute atomic E-state index is 12.1. The average molecular weight is 350 g/mol. The third kappa shape index (κ3) is 3.59. The smallest absolute Gasteiger partial charge is 0.283 e. The number of benzene rings is 2. The molecule has 134 valence electrons. The lowest BCUT2D eigenvalue weighted by atomic mass is 10.2. The van der Waals surface area contributed by atoms with E-state index in [9.17, 15) is 9.90 Å². The first-order valence-electron chi connectivity index (χ1n) is 8.54. The molecule has 2 aromatic carbocycles. The number of aryl methyl sites for hydroxylation is 1. The summed E-state index contributed by atoms with van der Waals surface area (Å²) in [7, 11) is 0. The van der Waals surface area contributed by atoms with Crippen LogP contribution in [0, 0.1) is 6.92 Å². The zero-order chi connectivity index (χ0) is 18.7. The minimum atomic E-state index is -0.410. The van der Waals surface area contributed by atoms with Gasteiger partial charge in [0.2, 0.25) is 5.88 Å². The standard InChI is InChI=1S/C20H22N4O2/c1-13(2)24-17-10-5-4-9-16(17)19(20(24)26)23-22-18(25)12-21-15-8-6-7-14(3)11-15/h4-11,13,21,26H,12H2,1-3H3. The molecule has 3 aromatic rings. The Hall–Kier alpha value is -3.15. The number of nitrogens with one attached hydrogen (secondary N) is 1. The van der Waals surface area contributed by atoms with Crippen LogP contribution in [0.5, 0.6) is 5.88 Å². The molecule has 3 rings (SSSR count). The second-order valence-corrected chi connectivity index (χ2v) is 6.47. The van der Waals surface area contributed by atoms with Gasteiger partial charge in [0.1, 0.15) is 0 Å². The Morgan fingerprint density at radius 3 is 2.69 bits per heavy atom. The molecule has 0 atom stereocenters. The third-order valence-electron chi connectivity index (χ3n) is 4.10. The Kier molecular flexibility index (Phi) is 5.02. The highest BCUT2D eigenvalue weighted by atomic mass is 16.3. The Morgan fingerprint density at radius 2 is 1.96 bits per heavy atom. The molecular weight excluding hydrogens is 328 g/mol. The van der Waals surface area contributed by atoms with Crippen molar-refractivity contribution in [3.05, 3.63) is 54.1 Å². The molecule has 0 aliphatic heterocycles. The maximum atomic E-state index is 12.1. The van der Waals surface area contributed by atoms with E-state index in [0.717, 1.165) is 22.2 Å². The van der Waals surface area contributed by atoms with E-state index in [1.54, 1.807) is 4.57 Å². The van der Waals surface area contributed by atoms with Crippen LogP contribution in [0.25, 0.3) is 10.9 Å². The molecule has 0 saturated carbocycles. The molecule has 0 saturated heterocycles. The molecule has 0 fully saturated rings. The molecule has 1 heterocycles. The van der Waals surface area contributed by atoms with Gasteiger partial charge in [0, 0.05) is 17.1 Å². The molecule has 2 N–H and O–H groups in total. The van der Waals surface area contributed by atoms with Crippen LogP contribution in [0.15, 0.2) is 58.8 Å². The highest BCUT2D eigenvalue weighted by molar-refractivity contribution is 5.95. The van der Waals surface area contributed by atoms with E-state index < -0.39 is 5.91 Å². The number of aromatic hydroxyl groups is 1. The molecule has 0 unspecified atom stereocenters. The molecule has 6 nitrogen and oxygen atoms in total. The predicted molar refractivity (Wildman–Crippen MR) is 103 cm³/mol. The first-order valence-corrected chi connectivity index (χ1v) is 8.54. The summed E-state index contributed by atoms with van der Waals surface area (Å²) in [6, 6.07) is 15.3. The number of azo groups is 1. The number of rotatable bonds is 5. The minimum Gasteiger partial charge on any atom is -0.493 e. The summed E-state index contributed by atoms with van der Waals surface area (Å²) in [5.41, 5.74) is 3.14. The van der Waals surface area contributed by atoms with E-state index in [0.29, 0.717) is 5.69 Å². The lowest BCUT2D eigenvalue weighted by molar-refractivity contribution is -0.116. The number of aromatic nitrogens is 1. The summed E-state index contributed by atoms with van der Waals surface area (Å²) < 4.78 is 1.78. The van der Waals surface area contributed by atoms with Crippen LogP contribution in [-0.2, 0) is 4.79 Å². The predicted octanol–water partition coefficient (Wildman–Crippen LogP) is 4.96. The number of anilines is 1. The minimum absolute atomic E-state index is 0.0180. The zero-order valence-corrected chi connectivity index (χ0v) is 15.1. The van der Waals surface area contributed by atoms with Crippen molar-refractivity contribution in [3.63, 3.8) is 0 Å². The average Bonchev–Trinajstić information content (AvgIpc) is 2.90. The van der Waals surface area contributed by atoms with Gasteiger partial charge in [0.05, 0.1) is 12.1 Å². The van der Waals surface area contributed by atoms with Gasteiger partial charge < -0.3 is 15.0 Å². The van der Waals surface area contributed by atoms with Crippen LogP contribution < -0.4 is 5.32 Å². The van der Waals surface area contributed by atoms with Gasteiger partial charge in [-0.25, -0.2) is 0 Å². The van der Waals surface area contributed by atoms with E-state index >= 15 is 0 Å². The van der Waals surface area contributed by atoms with E-state index in [2.05, 4.69) is 15.5 Å². The molecule has 0 aliphatic rings. The number of nitrogens with zero attached hydrogens (tertiary/aromatic N) is 3. The topological polar surface area (TPSA) is 79.0 Å². The summed E-state index contributed by atoms with van der Waals surface area (Å²) in [6.45, 7) is 5.98. The number of carbonyl (C=O) groups excluding carboxylic acids is 1. The highest BCUT2D eigenvalue weighted by Gasteiger charge is 2.18. The van der Waals surface area contributed by atoms with Gasteiger partial charge in [-0.15, -0.1) is 10.2 Å². The van der Waals surface area contributed by atoms with Crippen molar-refractivity contribution in [3.8, 4) is 5.88 Å². The second kappa shape index (κ2) is 7.39. The fourth-order valence-electron chi connectivity index (χ4n) is 2.93. The van der Waals surface area contributed by atoms with Crippen molar-refractivity contribution in [2.45, 2.75) is 26.8 Å². The van der Waals surface area contributed by atoms with Gasteiger partial charge in [-0.05, 0) is 44.5 Å². The number of fused-ring (bicyclic) bond motifs is 1. The first kappa shape index (κ1) is 17.7. The molecule has 26 heavy (non-hydrogen) atoms. The van der Waals surface area contributed by atoms with Crippen LogP contribution >= 0.6 is 0 Å². The molecule has 0 spiro atoms. The van der Waals surface area contributed by atoms with Crippen molar-refractivity contribution in [1.29, 1.82) is 0 Å². The summed E-state index contributed by atoms with van der Waals surface area (Å²) in [4.78, 5) is 12.1. The molecule has 0 radical (unpaired) electrons. The fourth-order valence-corrected chi connectivity index (χ4v) is 2.93. The van der Waals surface area contributed by atoms with E-state index in [-0.39, 0.29) is 18.5 Å². The Bertz CT molecular complexity index is 973. The third-order valence-corrected chi connectivity index (χ3v) is 4.10. The van der Waals surface area contributed by atoms with Crippen molar-refractivity contribution < 1.29 is 9.90 Å². The van der Waals surface area contributed by atoms with Gasteiger partial charge >= 0.3 is 0 Å². The largest absolute Gasteiger partial charge is 0.493 e. The van der Waals surface area contributed by atoms with Crippen LogP contribution in [0.3, 0.4) is 0 Å². The van der Waals surface area contributed by atoms with Gasteiger partial charge in [-0.2, -0.15) is 0 Å². The Balaban J connectivity index is 1.80. The van der Waals surface area contributed by atoms with Gasteiger partial charge in [-0.1, -0.05) is 30.3 Å². The number of carbonyl (C=O) groups is 1. The van der Waals surface area contributed by atoms with Gasteiger partial charge in [-0.3, -0.25) is 4.79 Å². The van der Waals surface area contributed by atoms with Crippen molar-refractivity contribution >= 4 is 28.2 Å². The van der Waals surface area contributed by atoms with Crippen molar-refractivity contribution in [1.82, 2.24) is 4.57 Å². The van der Waals surface area contributed by atoms with E-state index in [1.165, 1.54) is 0 Å². The SMILES string of the molecule is Cc1cccc(NCC(=O)N=Nc2c(O)n(C(C)C)c3ccccc23)c1. The lowest BCUT2D eigenvalue weighted by Gasteiger charge is -2.10. The lowest BCUT2D eigenvalue weighted by Crippen LogP contribution is -2.10. The number of hydrogen-bond acceptors (Lipinski definition) is 4. The molecule has 0 aliphatic carbocycles. The summed E-state index contributed by atoms with van der Waals surface area (Å²) in [5, 5.41) is 22.1. The van der Waals surface area contributed by atoms with Crippen molar-refractivity contribution in [2.24, 2.45) is 10.2 Å². The Labute approximate surface area is 152 Å². The monoisotopic (exact) mass is 350 g/mol. The molecule has 0 bridgehead atoms. The molecule has 1 aromatic heterocycles. The Morgan fingerprint density at radius 1 is 1.19 bits per heavy atom. The normalized spacial score (nSPS) is 11.5. The first-order chi connectivity index (χ1) is 12.5. The summed E-state index contributed by atoms with van der Waals surface area (Å²) in [6.07, 6.45) is 0. The molecular formula is C20H22N4O2. The van der Waals surface area contributed by atoms with Gasteiger partial charge in [0.25, 0.3) is 5.91 Å². The number of para-hydroxylation sites is 1. The van der Waals surface area contributed by atoms with E-state index in [1.807, 2.05) is 69.3 Å². The molecule has 1 amide bonds. The highest BCUT2D eigenvalue weighted by Crippen LogP contribution is 2.40. The molecule has 6 heteroatoms. The summed E-state index contributed by atoms with van der Waals surface area (Å²) in [5.74, 6) is -0.392. The van der Waals surface area contributed by atoms with Crippen LogP contribution in [0.2, 0.25) is 0 Å². The second-order valence-electron chi connectivity index (χ2n) is 6.47. The quantitative estimate of drug-likeness (QED) is 0.638. The fraction of sp³-hybridized carbons (Fsp3) is 0.250. The van der Waals surface area contributed by atoms with Crippen LogP contribution in [-0.4, -0.2) is 22.1 Å². The number of amides is 1.